The molecule has 106 valence electrons. The second-order valence-electron chi connectivity index (χ2n) is 4.51. The third kappa shape index (κ3) is 3.88. The molecule has 2 aromatic rings. The van der Waals surface area contributed by atoms with Crippen molar-refractivity contribution >= 4 is 5.97 Å². The zero-order chi connectivity index (χ0) is 14.4. The van der Waals surface area contributed by atoms with Crippen molar-refractivity contribution in [1.82, 2.24) is 4.57 Å². The first-order valence-electron chi connectivity index (χ1n) is 6.72. The van der Waals surface area contributed by atoms with E-state index < -0.39 is 6.10 Å². The number of carbonyl (C=O) groups is 1. The molecule has 0 aliphatic heterocycles. The maximum atomic E-state index is 11.5. The Morgan fingerprint density at radius 3 is 2.45 bits per heavy atom. The lowest BCUT2D eigenvalue weighted by atomic mass is 10.2. The van der Waals surface area contributed by atoms with Crippen molar-refractivity contribution in [1.29, 1.82) is 0 Å². The maximum Gasteiger partial charge on any atom is 0.347 e. The van der Waals surface area contributed by atoms with Crippen LogP contribution in [0.3, 0.4) is 0 Å². The molecule has 0 aliphatic rings. The second kappa shape index (κ2) is 6.80. The zero-order valence-corrected chi connectivity index (χ0v) is 11.8. The van der Waals surface area contributed by atoms with Crippen molar-refractivity contribution in [2.24, 2.45) is 0 Å². The van der Waals surface area contributed by atoms with Crippen molar-refractivity contribution in [3.05, 3.63) is 54.4 Å². The van der Waals surface area contributed by atoms with Gasteiger partial charge in [-0.15, -0.1) is 0 Å². The van der Waals surface area contributed by atoms with Crippen molar-refractivity contribution in [2.45, 2.75) is 26.5 Å². The van der Waals surface area contributed by atoms with E-state index in [-0.39, 0.29) is 5.97 Å². The fourth-order valence-electron chi connectivity index (χ4n) is 1.87. The first-order valence-corrected chi connectivity index (χ1v) is 6.72. The van der Waals surface area contributed by atoms with Crippen LogP contribution in [0.2, 0.25) is 0 Å². The summed E-state index contributed by atoms with van der Waals surface area (Å²) in [5.41, 5.74) is 1.18. The predicted octanol–water partition coefficient (Wildman–Crippen LogP) is 2.87. The van der Waals surface area contributed by atoms with Gasteiger partial charge in [-0.25, -0.2) is 4.79 Å². The maximum absolute atomic E-state index is 11.5. The Morgan fingerprint density at radius 2 is 1.85 bits per heavy atom. The van der Waals surface area contributed by atoms with E-state index in [2.05, 4.69) is 4.57 Å². The molecule has 0 fully saturated rings. The molecule has 0 bridgehead atoms. The lowest BCUT2D eigenvalue weighted by Crippen LogP contribution is -2.26. The topological polar surface area (TPSA) is 40.5 Å². The van der Waals surface area contributed by atoms with Gasteiger partial charge < -0.3 is 14.0 Å². The van der Waals surface area contributed by atoms with Crippen molar-refractivity contribution in [3.63, 3.8) is 0 Å². The van der Waals surface area contributed by atoms with Crippen LogP contribution in [-0.2, 0) is 16.1 Å². The average molecular weight is 273 g/mol. The lowest BCUT2D eigenvalue weighted by Gasteiger charge is -2.13. The fourth-order valence-corrected chi connectivity index (χ4v) is 1.87. The molecule has 1 aromatic heterocycles. The highest BCUT2D eigenvalue weighted by atomic mass is 16.6. The number of nitrogens with zero attached hydrogens (tertiary/aromatic N) is 1. The van der Waals surface area contributed by atoms with Gasteiger partial charge in [-0.2, -0.15) is 0 Å². The predicted molar refractivity (Wildman–Crippen MR) is 76.7 cm³/mol. The molecule has 0 spiro atoms. The molecule has 1 heterocycles. The van der Waals surface area contributed by atoms with Gasteiger partial charge in [0.25, 0.3) is 0 Å². The summed E-state index contributed by atoms with van der Waals surface area (Å²) in [5, 5.41) is 0. The summed E-state index contributed by atoms with van der Waals surface area (Å²) in [7, 11) is 0. The van der Waals surface area contributed by atoms with Crippen molar-refractivity contribution < 1.29 is 14.3 Å². The summed E-state index contributed by atoms with van der Waals surface area (Å²) in [6.45, 7) is 4.65. The van der Waals surface area contributed by atoms with Crippen LogP contribution >= 0.6 is 0 Å². The quantitative estimate of drug-likeness (QED) is 0.760. The highest BCUT2D eigenvalue weighted by molar-refractivity contribution is 5.74. The first-order chi connectivity index (χ1) is 9.69. The summed E-state index contributed by atoms with van der Waals surface area (Å²) >= 11 is 0. The molecule has 4 nitrogen and oxygen atoms in total. The Bertz CT molecular complexity index is 531. The molecular formula is C16H19NO3. The van der Waals surface area contributed by atoms with E-state index in [1.165, 1.54) is 5.56 Å². The summed E-state index contributed by atoms with van der Waals surface area (Å²) in [6.07, 6.45) is 3.45. The highest BCUT2D eigenvalue weighted by Crippen LogP contribution is 2.15. The van der Waals surface area contributed by atoms with Gasteiger partial charge in [0.2, 0.25) is 0 Å². The van der Waals surface area contributed by atoms with Gasteiger partial charge in [-0.05, 0) is 43.7 Å². The number of hydrogen-bond acceptors (Lipinski definition) is 3. The molecule has 0 saturated heterocycles. The third-order valence-electron chi connectivity index (χ3n) is 2.89. The Kier molecular flexibility index (Phi) is 4.82. The van der Waals surface area contributed by atoms with Gasteiger partial charge >= 0.3 is 5.97 Å². The van der Waals surface area contributed by atoms with Gasteiger partial charge in [0.15, 0.2) is 6.10 Å². The minimum Gasteiger partial charge on any atom is -0.479 e. The Morgan fingerprint density at radius 1 is 1.20 bits per heavy atom. The van der Waals surface area contributed by atoms with Gasteiger partial charge in [0.05, 0.1) is 6.61 Å². The van der Waals surface area contributed by atoms with E-state index >= 15 is 0 Å². The average Bonchev–Trinajstić information content (AvgIpc) is 2.94. The number of hydrogen-bond donors (Lipinski definition) is 0. The van der Waals surface area contributed by atoms with Gasteiger partial charge in [-0.1, -0.05) is 12.1 Å². The van der Waals surface area contributed by atoms with Crippen LogP contribution in [0, 0.1) is 0 Å². The van der Waals surface area contributed by atoms with Crippen LogP contribution in [0.5, 0.6) is 5.75 Å². The molecule has 1 atom stereocenters. The van der Waals surface area contributed by atoms with Crippen LogP contribution in [0.4, 0.5) is 0 Å². The largest absolute Gasteiger partial charge is 0.479 e. The van der Waals surface area contributed by atoms with E-state index in [0.29, 0.717) is 12.4 Å². The van der Waals surface area contributed by atoms with E-state index in [9.17, 15) is 4.79 Å². The summed E-state index contributed by atoms with van der Waals surface area (Å²) < 4.78 is 12.5. The second-order valence-corrected chi connectivity index (χ2v) is 4.51. The molecule has 1 aromatic carbocycles. The standard InChI is InChI=1S/C16H19NO3/c1-3-19-16(18)13(2)20-15-8-6-14(7-9-15)12-17-10-4-5-11-17/h4-11,13H,3,12H2,1-2H3. The minimum absolute atomic E-state index is 0.344. The third-order valence-corrected chi connectivity index (χ3v) is 2.89. The number of rotatable bonds is 6. The van der Waals surface area contributed by atoms with Crippen molar-refractivity contribution in [3.8, 4) is 5.75 Å². The first kappa shape index (κ1) is 14.2. The van der Waals surface area contributed by atoms with E-state index in [0.717, 1.165) is 6.54 Å². The number of carbonyl (C=O) groups excluding carboxylic acids is 1. The summed E-state index contributed by atoms with van der Waals surface area (Å²) in [6, 6.07) is 11.7. The number of benzene rings is 1. The molecule has 0 saturated carbocycles. The summed E-state index contributed by atoms with van der Waals surface area (Å²) in [5.74, 6) is 0.325. The number of esters is 1. The molecule has 20 heavy (non-hydrogen) atoms. The molecule has 1 unspecified atom stereocenters. The molecule has 0 radical (unpaired) electrons. The summed E-state index contributed by atoms with van der Waals surface area (Å²) in [4.78, 5) is 11.5. The van der Waals surface area contributed by atoms with E-state index in [1.54, 1.807) is 13.8 Å². The smallest absolute Gasteiger partial charge is 0.347 e. The Hall–Kier alpha value is -2.23. The van der Waals surface area contributed by atoms with Gasteiger partial charge in [0, 0.05) is 18.9 Å². The SMILES string of the molecule is CCOC(=O)C(C)Oc1ccc(Cn2cccc2)cc1. The van der Waals surface area contributed by atoms with Crippen LogP contribution in [0.25, 0.3) is 0 Å². The van der Waals surface area contributed by atoms with Crippen LogP contribution in [0.15, 0.2) is 48.8 Å². The zero-order valence-electron chi connectivity index (χ0n) is 11.8. The molecule has 4 heteroatoms. The Labute approximate surface area is 118 Å². The van der Waals surface area contributed by atoms with Crippen LogP contribution in [-0.4, -0.2) is 23.2 Å². The van der Waals surface area contributed by atoms with Gasteiger partial charge in [-0.3, -0.25) is 0 Å². The van der Waals surface area contributed by atoms with E-state index in [1.807, 2.05) is 48.8 Å². The highest BCUT2D eigenvalue weighted by Gasteiger charge is 2.15. The minimum atomic E-state index is -0.592. The fraction of sp³-hybridized carbons (Fsp3) is 0.312. The molecule has 0 amide bonds. The van der Waals surface area contributed by atoms with Crippen LogP contribution < -0.4 is 4.74 Å². The number of aromatic nitrogens is 1. The number of ether oxygens (including phenoxy) is 2. The Balaban J connectivity index is 1.92. The monoisotopic (exact) mass is 273 g/mol. The molecule has 2 rings (SSSR count). The molecule has 0 aliphatic carbocycles. The van der Waals surface area contributed by atoms with Crippen LogP contribution in [0.1, 0.15) is 19.4 Å². The molecular weight excluding hydrogens is 254 g/mol. The normalized spacial score (nSPS) is 11.9. The van der Waals surface area contributed by atoms with Crippen molar-refractivity contribution in [2.75, 3.05) is 6.61 Å². The lowest BCUT2D eigenvalue weighted by molar-refractivity contribution is -0.150. The van der Waals surface area contributed by atoms with Gasteiger partial charge in [0.1, 0.15) is 5.75 Å². The molecule has 0 N–H and O–H groups in total. The van der Waals surface area contributed by atoms with E-state index in [4.69, 9.17) is 9.47 Å².